The van der Waals surface area contributed by atoms with Gasteiger partial charge in [0.1, 0.15) is 11.2 Å². The highest BCUT2D eigenvalue weighted by molar-refractivity contribution is 8.01. The van der Waals surface area contributed by atoms with E-state index in [4.69, 9.17) is 9.47 Å². The summed E-state index contributed by atoms with van der Waals surface area (Å²) >= 11 is 3.67. The Hall–Kier alpha value is -3.77. The Kier molecular flexibility index (Phi) is 11.2. The maximum Gasteiger partial charge on any atom is 0.133 e. The summed E-state index contributed by atoms with van der Waals surface area (Å²) in [5.74, 6) is 15.8. The zero-order chi connectivity index (χ0) is 37.4. The molecule has 0 aliphatic carbocycles. The lowest BCUT2D eigenvalue weighted by atomic mass is 9.79. The van der Waals surface area contributed by atoms with Crippen molar-refractivity contribution in [2.45, 2.75) is 89.0 Å². The lowest BCUT2D eigenvalue weighted by molar-refractivity contribution is -0.0338. The second-order valence-electron chi connectivity index (χ2n) is 15.2. The number of rotatable bonds is 9. The van der Waals surface area contributed by atoms with Crippen molar-refractivity contribution in [2.75, 3.05) is 14.2 Å². The summed E-state index contributed by atoms with van der Waals surface area (Å²) in [6.07, 6.45) is 1.04. The van der Waals surface area contributed by atoms with Gasteiger partial charge in [-0.25, -0.2) is 0 Å². The predicted molar refractivity (Wildman–Crippen MR) is 227 cm³/mol. The number of fused-ring (bicyclic) bond motifs is 4. The van der Waals surface area contributed by atoms with E-state index in [0.717, 1.165) is 39.1 Å². The van der Waals surface area contributed by atoms with Crippen LogP contribution in [0.1, 0.15) is 79.0 Å². The molecule has 6 aromatic rings. The van der Waals surface area contributed by atoms with Gasteiger partial charge in [0.15, 0.2) is 0 Å². The van der Waals surface area contributed by atoms with Crippen LogP contribution in [0.15, 0.2) is 88.0 Å². The van der Waals surface area contributed by atoms with E-state index in [9.17, 15) is 0 Å². The van der Waals surface area contributed by atoms with E-state index in [1.807, 2.05) is 23.1 Å². The van der Waals surface area contributed by atoms with Crippen molar-refractivity contribution in [2.24, 2.45) is 23.7 Å². The Labute approximate surface area is 319 Å². The van der Waals surface area contributed by atoms with Crippen LogP contribution in [0.2, 0.25) is 0 Å². The molecule has 0 N–H and O–H groups in total. The van der Waals surface area contributed by atoms with Crippen LogP contribution >= 0.6 is 23.1 Å². The molecule has 0 atom stereocenters. The first-order chi connectivity index (χ1) is 24.9. The predicted octanol–water partition coefficient (Wildman–Crippen LogP) is 13.2. The lowest BCUT2D eigenvalue weighted by Crippen LogP contribution is -2.41. The SMILES string of the molecule is CCc1ccc(Sc2cc3cc4c(C#CC(OC)(C(C)C)C(C)C)c5cc6ccccc6cc5c(C#CC(OC)(C(C)C)C(C)C)c4cc3s2)cc1. The van der Waals surface area contributed by atoms with Gasteiger partial charge in [-0.3, -0.25) is 0 Å². The molecule has 2 nitrogen and oxygen atoms in total. The van der Waals surface area contributed by atoms with Gasteiger partial charge in [-0.2, -0.15) is 0 Å². The van der Waals surface area contributed by atoms with Gasteiger partial charge in [-0.15, -0.1) is 11.3 Å². The fourth-order valence-electron chi connectivity index (χ4n) is 7.93. The van der Waals surface area contributed by atoms with Crippen molar-refractivity contribution in [1.82, 2.24) is 0 Å². The minimum atomic E-state index is -0.593. The largest absolute Gasteiger partial charge is 0.365 e. The maximum absolute atomic E-state index is 6.27. The van der Waals surface area contributed by atoms with Gasteiger partial charge in [-0.05, 0) is 110 Å². The van der Waals surface area contributed by atoms with E-state index in [-0.39, 0.29) is 23.7 Å². The standard InChI is InChI=1S/C48H52O2S2/c1-12-34-17-19-38(20-18-34)51-46-28-37-27-43-39(21-23-47(49-10,30(2)3)31(4)5)41-25-35-15-13-14-16-36(35)26-42(41)40(44(43)29-45(37)52-46)22-24-48(50-11,32(6)7)33(8)9/h13-20,25-33H,12H2,1-11H3. The number of benzene rings is 5. The smallest absolute Gasteiger partial charge is 0.133 e. The molecular weight excluding hydrogens is 673 g/mol. The van der Waals surface area contributed by atoms with Crippen LogP contribution in [-0.4, -0.2) is 25.4 Å². The molecule has 268 valence electrons. The first kappa shape index (κ1) is 38.0. The van der Waals surface area contributed by atoms with Gasteiger partial charge in [0.2, 0.25) is 0 Å². The Morgan fingerprint density at radius 1 is 0.596 bits per heavy atom. The van der Waals surface area contributed by atoms with Gasteiger partial charge in [0.05, 0.1) is 4.21 Å². The van der Waals surface area contributed by atoms with Crippen molar-refractivity contribution >= 4 is 65.5 Å². The molecule has 0 bridgehead atoms. The summed E-state index contributed by atoms with van der Waals surface area (Å²) in [6, 6.07) is 29.2. The molecule has 0 unspecified atom stereocenters. The highest BCUT2D eigenvalue weighted by Gasteiger charge is 2.36. The van der Waals surface area contributed by atoms with Crippen LogP contribution in [0.5, 0.6) is 0 Å². The van der Waals surface area contributed by atoms with E-state index in [1.165, 1.54) is 35.5 Å². The average molecular weight is 725 g/mol. The first-order valence-electron chi connectivity index (χ1n) is 18.7. The van der Waals surface area contributed by atoms with E-state index in [2.05, 4.69) is 165 Å². The molecule has 1 heterocycles. The minimum Gasteiger partial charge on any atom is -0.365 e. The Balaban J connectivity index is 1.73. The van der Waals surface area contributed by atoms with Crippen LogP contribution in [0, 0.1) is 47.4 Å². The third kappa shape index (κ3) is 6.88. The molecule has 4 heteroatoms. The molecule has 0 aliphatic heterocycles. The van der Waals surface area contributed by atoms with E-state index >= 15 is 0 Å². The lowest BCUT2D eigenvalue weighted by Gasteiger charge is -2.35. The van der Waals surface area contributed by atoms with Crippen LogP contribution in [0.4, 0.5) is 0 Å². The van der Waals surface area contributed by atoms with Crippen molar-refractivity contribution < 1.29 is 9.47 Å². The molecule has 0 amide bonds. The number of hydrogen-bond donors (Lipinski definition) is 0. The van der Waals surface area contributed by atoms with Gasteiger partial charge >= 0.3 is 0 Å². The Morgan fingerprint density at radius 2 is 1.04 bits per heavy atom. The fraction of sp³-hybridized carbons (Fsp3) is 0.375. The molecule has 0 radical (unpaired) electrons. The number of methoxy groups -OCH3 is 2. The van der Waals surface area contributed by atoms with Crippen molar-refractivity contribution in [1.29, 1.82) is 0 Å². The molecule has 0 fully saturated rings. The maximum atomic E-state index is 6.27. The van der Waals surface area contributed by atoms with Crippen LogP contribution < -0.4 is 0 Å². The van der Waals surface area contributed by atoms with Crippen LogP contribution in [0.25, 0.3) is 42.4 Å². The summed E-state index contributed by atoms with van der Waals surface area (Å²) in [6.45, 7) is 19.8. The number of thiophene rings is 1. The molecule has 0 saturated carbocycles. The van der Waals surface area contributed by atoms with Crippen molar-refractivity contribution in [3.8, 4) is 23.7 Å². The molecule has 0 spiro atoms. The second kappa shape index (κ2) is 15.3. The van der Waals surface area contributed by atoms with E-state index < -0.39 is 11.2 Å². The Morgan fingerprint density at radius 3 is 1.46 bits per heavy atom. The molecule has 52 heavy (non-hydrogen) atoms. The summed E-state index contributed by atoms with van der Waals surface area (Å²) < 4.78 is 15.0. The monoisotopic (exact) mass is 724 g/mol. The summed E-state index contributed by atoms with van der Waals surface area (Å²) in [4.78, 5) is 1.25. The minimum absolute atomic E-state index is 0.206. The van der Waals surface area contributed by atoms with Gasteiger partial charge in [0, 0.05) is 40.3 Å². The van der Waals surface area contributed by atoms with Crippen molar-refractivity contribution in [3.05, 3.63) is 95.6 Å². The van der Waals surface area contributed by atoms with Gasteiger partial charge in [0.25, 0.3) is 0 Å². The van der Waals surface area contributed by atoms with E-state index in [1.54, 1.807) is 14.2 Å². The normalized spacial score (nSPS) is 12.4. The van der Waals surface area contributed by atoms with E-state index in [0.29, 0.717) is 0 Å². The zero-order valence-corrected chi connectivity index (χ0v) is 34.3. The third-order valence-electron chi connectivity index (χ3n) is 11.0. The first-order valence-corrected chi connectivity index (χ1v) is 20.3. The molecule has 1 aromatic heterocycles. The molecule has 6 rings (SSSR count). The number of ether oxygens (including phenoxy) is 2. The summed E-state index contributed by atoms with van der Waals surface area (Å²) in [5.41, 5.74) is 2.21. The van der Waals surface area contributed by atoms with Crippen LogP contribution in [0.3, 0.4) is 0 Å². The molecular formula is C48H52O2S2. The van der Waals surface area contributed by atoms with Gasteiger partial charge in [-0.1, -0.05) is 134 Å². The van der Waals surface area contributed by atoms with Crippen LogP contribution in [-0.2, 0) is 15.9 Å². The summed E-state index contributed by atoms with van der Waals surface area (Å²) in [5, 5.41) is 8.03. The molecule has 0 aliphatic rings. The zero-order valence-electron chi connectivity index (χ0n) is 32.7. The summed E-state index contributed by atoms with van der Waals surface area (Å²) in [7, 11) is 3.60. The fourth-order valence-corrected chi connectivity index (χ4v) is 10.2. The highest BCUT2D eigenvalue weighted by Crippen LogP contribution is 2.43. The quantitative estimate of drug-likeness (QED) is 0.109. The molecule has 0 saturated heterocycles. The third-order valence-corrected chi connectivity index (χ3v) is 13.2. The average Bonchev–Trinajstić information content (AvgIpc) is 3.52. The highest BCUT2D eigenvalue weighted by atomic mass is 32.2. The van der Waals surface area contributed by atoms with Gasteiger partial charge < -0.3 is 9.47 Å². The number of aryl methyl sites for hydroxylation is 1. The molecule has 5 aromatic carbocycles. The van der Waals surface area contributed by atoms with Crippen molar-refractivity contribution in [3.63, 3.8) is 0 Å². The number of hydrogen-bond acceptors (Lipinski definition) is 4. The second-order valence-corrected chi connectivity index (χ2v) is 17.7. The topological polar surface area (TPSA) is 18.5 Å². The Bertz CT molecular complexity index is 2210.